The maximum Gasteiger partial charge on any atom is 0.169 e. The number of ether oxygens (including phenoxy) is 2. The van der Waals surface area contributed by atoms with Crippen molar-refractivity contribution in [1.82, 2.24) is 5.32 Å². The van der Waals surface area contributed by atoms with E-state index in [4.69, 9.17) is 9.47 Å². The summed E-state index contributed by atoms with van der Waals surface area (Å²) in [7, 11) is 0. The van der Waals surface area contributed by atoms with E-state index in [1.165, 1.54) is 6.07 Å². The van der Waals surface area contributed by atoms with Gasteiger partial charge < -0.3 is 14.8 Å². The lowest BCUT2D eigenvalue weighted by Crippen LogP contribution is -2.31. The minimum atomic E-state index is -0.833. The summed E-state index contributed by atoms with van der Waals surface area (Å²) < 4.78 is 36.9. The molecule has 1 rings (SSSR count). The SMILES string of the molecule is CCOC(CNCc1cccc(F)c1F)OCC. The standard InChI is InChI=1S/C13H19F2NO2/c1-3-17-12(18-4-2)9-16-8-10-6-5-7-11(14)13(10)15/h5-7,12,16H,3-4,8-9H2,1-2H3. The Kier molecular flexibility index (Phi) is 6.78. The minimum Gasteiger partial charge on any atom is -0.352 e. The van der Waals surface area contributed by atoms with Crippen molar-refractivity contribution < 1.29 is 18.3 Å². The van der Waals surface area contributed by atoms with E-state index in [9.17, 15) is 8.78 Å². The van der Waals surface area contributed by atoms with E-state index in [1.54, 1.807) is 6.07 Å². The monoisotopic (exact) mass is 259 g/mol. The maximum atomic E-state index is 13.3. The van der Waals surface area contributed by atoms with Crippen molar-refractivity contribution in [2.75, 3.05) is 19.8 Å². The molecule has 0 aliphatic rings. The van der Waals surface area contributed by atoms with Crippen LogP contribution in [0.4, 0.5) is 8.78 Å². The Hall–Kier alpha value is -1.04. The van der Waals surface area contributed by atoms with Crippen LogP contribution in [0.5, 0.6) is 0 Å². The van der Waals surface area contributed by atoms with E-state index in [0.717, 1.165) is 6.07 Å². The number of benzene rings is 1. The van der Waals surface area contributed by atoms with Gasteiger partial charge in [0, 0.05) is 31.9 Å². The predicted molar refractivity (Wildman–Crippen MR) is 65.1 cm³/mol. The molecule has 0 bridgehead atoms. The molecule has 5 heteroatoms. The zero-order valence-electron chi connectivity index (χ0n) is 10.7. The molecule has 0 saturated heterocycles. The van der Waals surface area contributed by atoms with Crippen LogP contribution < -0.4 is 5.32 Å². The first-order valence-electron chi connectivity index (χ1n) is 6.05. The maximum absolute atomic E-state index is 13.3. The zero-order valence-corrected chi connectivity index (χ0v) is 10.7. The van der Waals surface area contributed by atoms with Gasteiger partial charge in [-0.2, -0.15) is 0 Å². The number of nitrogens with one attached hydrogen (secondary N) is 1. The van der Waals surface area contributed by atoms with Gasteiger partial charge in [0.15, 0.2) is 17.9 Å². The second kappa shape index (κ2) is 8.13. The molecule has 0 unspecified atom stereocenters. The predicted octanol–water partition coefficient (Wildman–Crippen LogP) is 2.45. The molecule has 1 aromatic carbocycles. The van der Waals surface area contributed by atoms with Crippen molar-refractivity contribution in [2.24, 2.45) is 0 Å². The summed E-state index contributed by atoms with van der Waals surface area (Å²) in [6.07, 6.45) is -0.364. The summed E-state index contributed by atoms with van der Waals surface area (Å²) in [5.41, 5.74) is 0.293. The molecular weight excluding hydrogens is 240 g/mol. The molecule has 0 spiro atoms. The van der Waals surface area contributed by atoms with Crippen molar-refractivity contribution in [3.05, 3.63) is 35.4 Å². The highest BCUT2D eigenvalue weighted by Crippen LogP contribution is 2.10. The third-order valence-electron chi connectivity index (χ3n) is 2.36. The summed E-state index contributed by atoms with van der Waals surface area (Å²) in [5.74, 6) is -1.64. The molecule has 0 fully saturated rings. The molecular formula is C13H19F2NO2. The van der Waals surface area contributed by atoms with Crippen LogP contribution in [0.1, 0.15) is 19.4 Å². The smallest absolute Gasteiger partial charge is 0.169 e. The molecule has 102 valence electrons. The highest BCUT2D eigenvalue weighted by Gasteiger charge is 2.10. The first-order chi connectivity index (χ1) is 8.69. The van der Waals surface area contributed by atoms with Gasteiger partial charge in [0.05, 0.1) is 0 Å². The third-order valence-corrected chi connectivity index (χ3v) is 2.36. The molecule has 0 amide bonds. The van der Waals surface area contributed by atoms with E-state index in [2.05, 4.69) is 5.32 Å². The van der Waals surface area contributed by atoms with Crippen molar-refractivity contribution >= 4 is 0 Å². The summed E-state index contributed by atoms with van der Waals surface area (Å²) in [6.45, 7) is 5.50. The Morgan fingerprint density at radius 3 is 2.44 bits per heavy atom. The second-order valence-electron chi connectivity index (χ2n) is 3.68. The van der Waals surface area contributed by atoms with E-state index >= 15 is 0 Å². The van der Waals surface area contributed by atoms with Crippen molar-refractivity contribution in [2.45, 2.75) is 26.7 Å². The molecule has 1 N–H and O–H groups in total. The summed E-state index contributed by atoms with van der Waals surface area (Å²) in [6, 6.07) is 4.13. The minimum absolute atomic E-state index is 0.236. The first kappa shape index (κ1) is 15.0. The molecule has 0 aromatic heterocycles. The largest absolute Gasteiger partial charge is 0.352 e. The van der Waals surface area contributed by atoms with Crippen LogP contribution in [0.2, 0.25) is 0 Å². The third kappa shape index (κ3) is 4.68. The van der Waals surface area contributed by atoms with Gasteiger partial charge in [0.1, 0.15) is 0 Å². The van der Waals surface area contributed by atoms with E-state index < -0.39 is 11.6 Å². The van der Waals surface area contributed by atoms with Gasteiger partial charge in [0.2, 0.25) is 0 Å². The van der Waals surface area contributed by atoms with Gasteiger partial charge in [-0.05, 0) is 19.9 Å². The topological polar surface area (TPSA) is 30.5 Å². The fraction of sp³-hybridized carbons (Fsp3) is 0.538. The normalized spacial score (nSPS) is 11.2. The highest BCUT2D eigenvalue weighted by atomic mass is 19.2. The molecule has 0 saturated carbocycles. The molecule has 0 heterocycles. The molecule has 18 heavy (non-hydrogen) atoms. The van der Waals surface area contributed by atoms with Crippen LogP contribution in [0, 0.1) is 11.6 Å². The second-order valence-corrected chi connectivity index (χ2v) is 3.68. The highest BCUT2D eigenvalue weighted by molar-refractivity contribution is 5.18. The van der Waals surface area contributed by atoms with Crippen LogP contribution in [-0.4, -0.2) is 26.0 Å². The van der Waals surface area contributed by atoms with E-state index in [1.807, 2.05) is 13.8 Å². The average molecular weight is 259 g/mol. The fourth-order valence-electron chi connectivity index (χ4n) is 1.55. The quantitative estimate of drug-likeness (QED) is 0.727. The van der Waals surface area contributed by atoms with Gasteiger partial charge in [0.25, 0.3) is 0 Å². The Balaban J connectivity index is 2.42. The Morgan fingerprint density at radius 1 is 1.17 bits per heavy atom. The Morgan fingerprint density at radius 2 is 1.83 bits per heavy atom. The number of halogens is 2. The number of hydrogen-bond donors (Lipinski definition) is 1. The summed E-state index contributed by atoms with van der Waals surface area (Å²) in [4.78, 5) is 0. The molecule has 0 aliphatic carbocycles. The Labute approximate surface area is 106 Å². The fourth-order valence-corrected chi connectivity index (χ4v) is 1.55. The van der Waals surface area contributed by atoms with Gasteiger partial charge >= 0.3 is 0 Å². The first-order valence-corrected chi connectivity index (χ1v) is 6.05. The van der Waals surface area contributed by atoms with E-state index in [-0.39, 0.29) is 12.8 Å². The van der Waals surface area contributed by atoms with E-state index in [0.29, 0.717) is 25.3 Å². The van der Waals surface area contributed by atoms with Crippen LogP contribution in [0.3, 0.4) is 0 Å². The lowest BCUT2D eigenvalue weighted by Gasteiger charge is -2.17. The average Bonchev–Trinajstić information content (AvgIpc) is 2.35. The van der Waals surface area contributed by atoms with Gasteiger partial charge in [-0.25, -0.2) is 8.78 Å². The van der Waals surface area contributed by atoms with Crippen LogP contribution >= 0.6 is 0 Å². The van der Waals surface area contributed by atoms with Crippen molar-refractivity contribution in [3.8, 4) is 0 Å². The van der Waals surface area contributed by atoms with Crippen molar-refractivity contribution in [3.63, 3.8) is 0 Å². The van der Waals surface area contributed by atoms with Gasteiger partial charge in [-0.1, -0.05) is 12.1 Å². The molecule has 0 aliphatic heterocycles. The van der Waals surface area contributed by atoms with Crippen molar-refractivity contribution in [1.29, 1.82) is 0 Å². The Bertz CT molecular complexity index is 355. The molecule has 3 nitrogen and oxygen atoms in total. The van der Waals surface area contributed by atoms with Gasteiger partial charge in [-0.15, -0.1) is 0 Å². The number of hydrogen-bond acceptors (Lipinski definition) is 3. The lowest BCUT2D eigenvalue weighted by atomic mass is 10.2. The molecule has 0 radical (unpaired) electrons. The lowest BCUT2D eigenvalue weighted by molar-refractivity contribution is -0.133. The van der Waals surface area contributed by atoms with Gasteiger partial charge in [-0.3, -0.25) is 0 Å². The summed E-state index contributed by atoms with van der Waals surface area (Å²) >= 11 is 0. The summed E-state index contributed by atoms with van der Waals surface area (Å²) in [5, 5.41) is 2.98. The van der Waals surface area contributed by atoms with Crippen LogP contribution in [0.15, 0.2) is 18.2 Å². The van der Waals surface area contributed by atoms with Crippen LogP contribution in [-0.2, 0) is 16.0 Å². The molecule has 1 aromatic rings. The zero-order chi connectivity index (χ0) is 13.4. The number of rotatable bonds is 8. The van der Waals surface area contributed by atoms with Crippen LogP contribution in [0.25, 0.3) is 0 Å². The molecule has 0 atom stereocenters.